The normalized spacial score (nSPS) is 18.7. The van der Waals surface area contributed by atoms with Gasteiger partial charge in [-0.05, 0) is 11.6 Å². The molecule has 0 aromatic heterocycles. The molecule has 0 heterocycles. The summed E-state index contributed by atoms with van der Waals surface area (Å²) >= 11 is 0. The molecule has 0 radical (unpaired) electrons. The molecule has 1 rings (SSSR count). The molecular weight excluding hydrogens is 252 g/mol. The Hall–Kier alpha value is -1.44. The first kappa shape index (κ1) is 15.6. The number of hydrogen-bond acceptors (Lipinski definition) is 6. The standard InChI is InChI=1S/C13H18O6/c14-7-10(16)12(18)13(19)11(17)9(15)6-8-4-2-1-3-5-8/h1-6,10-19H,7H2/t10-,11-,12-,13-/m1/s1. The van der Waals surface area contributed by atoms with Crippen LogP contribution in [0.25, 0.3) is 6.08 Å². The van der Waals surface area contributed by atoms with Crippen LogP contribution in [0.1, 0.15) is 5.56 Å². The minimum atomic E-state index is -1.82. The van der Waals surface area contributed by atoms with Gasteiger partial charge in [0, 0.05) is 0 Å². The van der Waals surface area contributed by atoms with Crippen molar-refractivity contribution in [3.8, 4) is 0 Å². The zero-order chi connectivity index (χ0) is 14.4. The van der Waals surface area contributed by atoms with Crippen molar-refractivity contribution in [3.63, 3.8) is 0 Å². The molecule has 106 valence electrons. The Morgan fingerprint density at radius 1 is 1.00 bits per heavy atom. The van der Waals surface area contributed by atoms with Crippen molar-refractivity contribution in [2.75, 3.05) is 6.61 Å². The molecule has 0 aliphatic carbocycles. The molecule has 0 spiro atoms. The lowest BCUT2D eigenvalue weighted by Gasteiger charge is -2.25. The van der Waals surface area contributed by atoms with E-state index >= 15 is 0 Å². The molecule has 0 amide bonds. The monoisotopic (exact) mass is 270 g/mol. The molecule has 0 unspecified atom stereocenters. The summed E-state index contributed by atoms with van der Waals surface area (Å²) in [5, 5.41) is 56.0. The zero-order valence-corrected chi connectivity index (χ0v) is 10.2. The molecule has 4 atom stereocenters. The van der Waals surface area contributed by atoms with Gasteiger partial charge in [0.15, 0.2) is 0 Å². The molecule has 19 heavy (non-hydrogen) atoms. The molecule has 6 heteroatoms. The van der Waals surface area contributed by atoms with E-state index in [9.17, 15) is 20.4 Å². The quantitative estimate of drug-likeness (QED) is 0.370. The number of hydrogen-bond donors (Lipinski definition) is 6. The first-order valence-electron chi connectivity index (χ1n) is 5.76. The van der Waals surface area contributed by atoms with Crippen LogP contribution in [-0.2, 0) is 0 Å². The van der Waals surface area contributed by atoms with Crippen molar-refractivity contribution < 1.29 is 30.6 Å². The minimum absolute atomic E-state index is 0.553. The van der Waals surface area contributed by atoms with Crippen LogP contribution in [0.2, 0.25) is 0 Å². The van der Waals surface area contributed by atoms with Gasteiger partial charge in [-0.15, -0.1) is 0 Å². The Morgan fingerprint density at radius 3 is 2.11 bits per heavy atom. The van der Waals surface area contributed by atoms with Crippen molar-refractivity contribution >= 4 is 6.08 Å². The van der Waals surface area contributed by atoms with Crippen LogP contribution in [-0.4, -0.2) is 61.7 Å². The molecule has 0 saturated carbocycles. The van der Waals surface area contributed by atoms with Crippen LogP contribution >= 0.6 is 0 Å². The third-order valence-corrected chi connectivity index (χ3v) is 2.67. The number of aliphatic hydroxyl groups excluding tert-OH is 6. The lowest BCUT2D eigenvalue weighted by molar-refractivity contribution is -0.112. The average molecular weight is 270 g/mol. The minimum Gasteiger partial charge on any atom is -0.509 e. The van der Waals surface area contributed by atoms with Gasteiger partial charge in [-0.2, -0.15) is 0 Å². The van der Waals surface area contributed by atoms with E-state index in [-0.39, 0.29) is 0 Å². The molecule has 1 aromatic carbocycles. The third-order valence-electron chi connectivity index (χ3n) is 2.67. The predicted molar refractivity (Wildman–Crippen MR) is 68.2 cm³/mol. The van der Waals surface area contributed by atoms with E-state index in [0.717, 1.165) is 0 Å². The van der Waals surface area contributed by atoms with Crippen LogP contribution in [0, 0.1) is 0 Å². The van der Waals surface area contributed by atoms with Crippen LogP contribution in [0.3, 0.4) is 0 Å². The Balaban J connectivity index is 2.76. The summed E-state index contributed by atoms with van der Waals surface area (Å²) in [6, 6.07) is 8.59. The van der Waals surface area contributed by atoms with Crippen molar-refractivity contribution in [1.82, 2.24) is 0 Å². The largest absolute Gasteiger partial charge is 0.509 e. The fourth-order valence-electron chi connectivity index (χ4n) is 1.50. The Kier molecular flexibility index (Phi) is 5.94. The van der Waals surface area contributed by atoms with Crippen molar-refractivity contribution in [2.45, 2.75) is 24.4 Å². The second-order valence-electron chi connectivity index (χ2n) is 4.16. The first-order chi connectivity index (χ1) is 8.97. The summed E-state index contributed by atoms with van der Waals surface area (Å²) in [4.78, 5) is 0. The van der Waals surface area contributed by atoms with Gasteiger partial charge in [0.2, 0.25) is 0 Å². The van der Waals surface area contributed by atoms with Gasteiger partial charge in [0.25, 0.3) is 0 Å². The molecule has 6 nitrogen and oxygen atoms in total. The van der Waals surface area contributed by atoms with E-state index in [1.807, 2.05) is 0 Å². The van der Waals surface area contributed by atoms with Crippen molar-refractivity contribution in [1.29, 1.82) is 0 Å². The smallest absolute Gasteiger partial charge is 0.139 e. The predicted octanol–water partition coefficient (Wildman–Crippen LogP) is -0.979. The fourth-order valence-corrected chi connectivity index (χ4v) is 1.50. The topological polar surface area (TPSA) is 121 Å². The van der Waals surface area contributed by atoms with Gasteiger partial charge in [-0.3, -0.25) is 0 Å². The van der Waals surface area contributed by atoms with E-state index in [0.29, 0.717) is 5.56 Å². The molecule has 0 aliphatic heterocycles. The summed E-state index contributed by atoms with van der Waals surface area (Å²) in [5.74, 6) is -0.553. The van der Waals surface area contributed by atoms with Gasteiger partial charge >= 0.3 is 0 Å². The lowest BCUT2D eigenvalue weighted by Crippen LogP contribution is -2.46. The van der Waals surface area contributed by atoms with Gasteiger partial charge in [0.05, 0.1) is 6.61 Å². The maximum absolute atomic E-state index is 9.64. The van der Waals surface area contributed by atoms with Gasteiger partial charge in [0.1, 0.15) is 30.2 Å². The van der Waals surface area contributed by atoms with E-state index < -0.39 is 36.8 Å². The van der Waals surface area contributed by atoms with Crippen molar-refractivity contribution in [3.05, 3.63) is 41.7 Å². The van der Waals surface area contributed by atoms with E-state index in [1.165, 1.54) is 6.08 Å². The molecule has 0 bridgehead atoms. The summed E-state index contributed by atoms with van der Waals surface area (Å²) in [6.45, 7) is -0.770. The zero-order valence-electron chi connectivity index (χ0n) is 10.2. The highest BCUT2D eigenvalue weighted by Gasteiger charge is 2.32. The molecule has 0 saturated heterocycles. The second-order valence-corrected chi connectivity index (χ2v) is 4.16. The highest BCUT2D eigenvalue weighted by Crippen LogP contribution is 2.14. The number of rotatable bonds is 6. The number of aliphatic hydroxyl groups is 6. The van der Waals surface area contributed by atoms with Crippen LogP contribution < -0.4 is 0 Å². The molecule has 6 N–H and O–H groups in total. The van der Waals surface area contributed by atoms with Gasteiger partial charge in [-0.1, -0.05) is 30.3 Å². The molecule has 1 aromatic rings. The third kappa shape index (κ3) is 4.30. The highest BCUT2D eigenvalue weighted by atomic mass is 16.4. The Morgan fingerprint density at radius 2 is 1.58 bits per heavy atom. The maximum Gasteiger partial charge on any atom is 0.139 e. The molecular formula is C13H18O6. The fraction of sp³-hybridized carbons (Fsp3) is 0.385. The maximum atomic E-state index is 9.64. The van der Waals surface area contributed by atoms with Crippen molar-refractivity contribution in [2.24, 2.45) is 0 Å². The average Bonchev–Trinajstić information content (AvgIpc) is 2.44. The summed E-state index contributed by atoms with van der Waals surface area (Å²) in [5.41, 5.74) is 0.600. The van der Waals surface area contributed by atoms with Crippen LogP contribution in [0.5, 0.6) is 0 Å². The summed E-state index contributed by atoms with van der Waals surface area (Å²) < 4.78 is 0. The first-order valence-corrected chi connectivity index (χ1v) is 5.76. The number of benzene rings is 1. The lowest BCUT2D eigenvalue weighted by atomic mass is 10.0. The summed E-state index contributed by atoms with van der Waals surface area (Å²) in [7, 11) is 0. The van der Waals surface area contributed by atoms with E-state index in [1.54, 1.807) is 30.3 Å². The highest BCUT2D eigenvalue weighted by molar-refractivity contribution is 5.51. The van der Waals surface area contributed by atoms with Gasteiger partial charge in [-0.25, -0.2) is 0 Å². The van der Waals surface area contributed by atoms with Crippen LogP contribution in [0.15, 0.2) is 36.1 Å². The van der Waals surface area contributed by atoms with Gasteiger partial charge < -0.3 is 30.6 Å². The summed E-state index contributed by atoms with van der Waals surface area (Å²) in [6.07, 6.45) is -5.73. The SMILES string of the molecule is OC[C@@H](O)[C@@H](O)[C@H](O)[C@H](O)C(O)=Cc1ccccc1. The van der Waals surface area contributed by atoms with E-state index in [4.69, 9.17) is 10.2 Å². The molecule has 0 fully saturated rings. The molecule has 0 aliphatic rings. The van der Waals surface area contributed by atoms with Crippen LogP contribution in [0.4, 0.5) is 0 Å². The van der Waals surface area contributed by atoms with E-state index in [2.05, 4.69) is 0 Å². The Bertz CT molecular complexity index is 405. The Labute approximate surface area is 110 Å². The second kappa shape index (κ2) is 7.22.